The highest BCUT2D eigenvalue weighted by molar-refractivity contribution is 7.20. The van der Waals surface area contributed by atoms with Crippen LogP contribution in [0, 0.1) is 6.92 Å². The predicted molar refractivity (Wildman–Crippen MR) is 100.0 cm³/mol. The van der Waals surface area contributed by atoms with Gasteiger partial charge in [-0.2, -0.15) is 18.3 Å². The van der Waals surface area contributed by atoms with E-state index in [-0.39, 0.29) is 12.0 Å². The molecule has 3 heterocycles. The van der Waals surface area contributed by atoms with Gasteiger partial charge in [-0.3, -0.25) is 4.79 Å². The average Bonchev–Trinajstić information content (AvgIpc) is 3.37. The summed E-state index contributed by atoms with van der Waals surface area (Å²) >= 11 is 1.21. The Balaban J connectivity index is 1.63. The second-order valence-electron chi connectivity index (χ2n) is 6.72. The first-order chi connectivity index (χ1) is 13.3. The Morgan fingerprint density at radius 3 is 2.93 bits per heavy atom. The fraction of sp³-hybridized carbons (Fsp3) is 0.368. The normalized spacial score (nSPS) is 17.4. The predicted octanol–water partition coefficient (Wildman–Crippen LogP) is 4.32. The second kappa shape index (κ2) is 7.21. The first-order valence-electron chi connectivity index (χ1n) is 8.89. The number of aryl methyl sites for hydroxylation is 1. The van der Waals surface area contributed by atoms with Gasteiger partial charge >= 0.3 is 6.18 Å². The van der Waals surface area contributed by atoms with Crippen LogP contribution in [0.15, 0.2) is 30.3 Å². The van der Waals surface area contributed by atoms with Crippen molar-refractivity contribution < 1.29 is 22.7 Å². The Bertz CT molecular complexity index is 1020. The van der Waals surface area contributed by atoms with Crippen molar-refractivity contribution >= 4 is 27.5 Å². The van der Waals surface area contributed by atoms with Crippen LogP contribution in [0.4, 0.5) is 13.2 Å². The smallest absolute Gasteiger partial charge is 0.376 e. The number of rotatable bonds is 4. The van der Waals surface area contributed by atoms with Gasteiger partial charge in [-0.25, -0.2) is 4.68 Å². The summed E-state index contributed by atoms with van der Waals surface area (Å²) < 4.78 is 46.1. The number of ether oxygens (including phenoxy) is 1. The first kappa shape index (κ1) is 18.9. The molecule has 1 amide bonds. The number of hydrogen-bond donors (Lipinski definition) is 1. The molecule has 5 nitrogen and oxygen atoms in total. The minimum absolute atomic E-state index is 0.0423. The Kier molecular flexibility index (Phi) is 4.88. The molecule has 0 radical (unpaired) electrons. The Hall–Kier alpha value is -2.39. The Labute approximate surface area is 163 Å². The highest BCUT2D eigenvalue weighted by atomic mass is 32.1. The molecule has 1 N–H and O–H groups in total. The summed E-state index contributed by atoms with van der Waals surface area (Å²) in [5.74, 6) is -0.216. The lowest BCUT2D eigenvalue weighted by Gasteiger charge is -2.10. The quantitative estimate of drug-likeness (QED) is 0.698. The third kappa shape index (κ3) is 3.64. The largest absolute Gasteiger partial charge is 0.416 e. The van der Waals surface area contributed by atoms with Crippen LogP contribution in [0.3, 0.4) is 0 Å². The van der Waals surface area contributed by atoms with Gasteiger partial charge in [0, 0.05) is 18.5 Å². The maximum Gasteiger partial charge on any atom is 0.416 e. The molecule has 1 aromatic carbocycles. The van der Waals surface area contributed by atoms with E-state index in [0.717, 1.165) is 37.0 Å². The van der Waals surface area contributed by atoms with Crippen molar-refractivity contribution in [2.75, 3.05) is 13.2 Å². The molecule has 4 rings (SSSR count). The summed E-state index contributed by atoms with van der Waals surface area (Å²) in [5.41, 5.74) is 0.223. The van der Waals surface area contributed by atoms with E-state index in [2.05, 4.69) is 10.4 Å². The van der Waals surface area contributed by atoms with Gasteiger partial charge in [0.2, 0.25) is 0 Å². The number of benzene rings is 1. The third-order valence-corrected chi connectivity index (χ3v) is 5.81. The molecule has 2 aromatic heterocycles. The molecule has 0 spiro atoms. The van der Waals surface area contributed by atoms with E-state index < -0.39 is 11.7 Å². The van der Waals surface area contributed by atoms with Gasteiger partial charge in [-0.05, 0) is 44.0 Å². The van der Waals surface area contributed by atoms with Crippen LogP contribution < -0.4 is 5.32 Å². The molecule has 1 fully saturated rings. The monoisotopic (exact) mass is 409 g/mol. The standard InChI is InChI=1S/C19H18F3N3O2S/c1-11-15-9-16(17(26)23-10-14-6-3-7-27-14)28-18(15)25(24-11)13-5-2-4-12(8-13)19(20,21)22/h2,4-5,8-9,14H,3,6-7,10H2,1H3,(H,23,26)/t14-/m1/s1. The molecular formula is C19H18F3N3O2S. The number of nitrogens with one attached hydrogen (secondary N) is 1. The van der Waals surface area contributed by atoms with E-state index in [1.807, 2.05) is 0 Å². The molecule has 0 bridgehead atoms. The number of aromatic nitrogens is 2. The zero-order valence-corrected chi connectivity index (χ0v) is 15.9. The van der Waals surface area contributed by atoms with Gasteiger partial charge in [0.1, 0.15) is 4.83 Å². The van der Waals surface area contributed by atoms with Crippen LogP contribution in [0.2, 0.25) is 0 Å². The lowest BCUT2D eigenvalue weighted by atomic mass is 10.2. The molecule has 0 unspecified atom stereocenters. The maximum absolute atomic E-state index is 13.0. The van der Waals surface area contributed by atoms with Crippen LogP contribution in [-0.4, -0.2) is 34.9 Å². The summed E-state index contributed by atoms with van der Waals surface area (Å²) in [5, 5.41) is 7.98. The van der Waals surface area contributed by atoms with Crippen LogP contribution >= 0.6 is 11.3 Å². The van der Waals surface area contributed by atoms with Crippen LogP contribution in [0.25, 0.3) is 15.9 Å². The number of alkyl halides is 3. The Morgan fingerprint density at radius 2 is 2.21 bits per heavy atom. The highest BCUT2D eigenvalue weighted by Gasteiger charge is 2.31. The van der Waals surface area contributed by atoms with E-state index in [1.54, 1.807) is 19.1 Å². The lowest BCUT2D eigenvalue weighted by molar-refractivity contribution is -0.137. The number of amides is 1. The number of fused-ring (bicyclic) bond motifs is 1. The van der Waals surface area contributed by atoms with Gasteiger partial charge < -0.3 is 10.1 Å². The molecule has 28 heavy (non-hydrogen) atoms. The van der Waals surface area contributed by atoms with Crippen LogP contribution in [0.1, 0.15) is 33.8 Å². The molecule has 1 saturated heterocycles. The third-order valence-electron chi connectivity index (χ3n) is 4.70. The second-order valence-corrected chi connectivity index (χ2v) is 7.75. The summed E-state index contributed by atoms with van der Waals surface area (Å²) in [6.07, 6.45) is -2.47. The average molecular weight is 409 g/mol. The van der Waals surface area contributed by atoms with Gasteiger partial charge in [-0.1, -0.05) is 6.07 Å². The topological polar surface area (TPSA) is 56.2 Å². The van der Waals surface area contributed by atoms with Gasteiger partial charge in [-0.15, -0.1) is 11.3 Å². The van der Waals surface area contributed by atoms with Crippen molar-refractivity contribution in [3.05, 3.63) is 46.5 Å². The summed E-state index contributed by atoms with van der Waals surface area (Å²) in [4.78, 5) is 13.6. The number of thiophene rings is 1. The molecule has 148 valence electrons. The summed E-state index contributed by atoms with van der Waals surface area (Å²) in [6, 6.07) is 6.73. The zero-order valence-electron chi connectivity index (χ0n) is 15.0. The van der Waals surface area contributed by atoms with E-state index in [4.69, 9.17) is 4.74 Å². The molecule has 9 heteroatoms. The fourth-order valence-corrected chi connectivity index (χ4v) is 4.35. The van der Waals surface area contributed by atoms with Crippen molar-refractivity contribution in [3.8, 4) is 5.69 Å². The zero-order chi connectivity index (χ0) is 19.9. The van der Waals surface area contributed by atoms with E-state index in [9.17, 15) is 18.0 Å². The molecule has 0 saturated carbocycles. The van der Waals surface area contributed by atoms with Crippen molar-refractivity contribution in [2.24, 2.45) is 0 Å². The first-order valence-corrected chi connectivity index (χ1v) is 9.71. The van der Waals surface area contributed by atoms with Gasteiger partial charge in [0.25, 0.3) is 5.91 Å². The van der Waals surface area contributed by atoms with Crippen LogP contribution in [0.5, 0.6) is 0 Å². The molecule has 1 aliphatic heterocycles. The molecule has 0 aliphatic carbocycles. The van der Waals surface area contributed by atoms with Crippen molar-refractivity contribution in [2.45, 2.75) is 32.0 Å². The highest BCUT2D eigenvalue weighted by Crippen LogP contribution is 2.33. The number of carbonyl (C=O) groups excluding carboxylic acids is 1. The van der Waals surface area contributed by atoms with Crippen molar-refractivity contribution in [3.63, 3.8) is 0 Å². The number of hydrogen-bond acceptors (Lipinski definition) is 4. The van der Waals surface area contributed by atoms with Crippen molar-refractivity contribution in [1.29, 1.82) is 0 Å². The molecule has 1 atom stereocenters. The van der Waals surface area contributed by atoms with Crippen molar-refractivity contribution in [1.82, 2.24) is 15.1 Å². The van der Waals surface area contributed by atoms with Crippen LogP contribution in [-0.2, 0) is 10.9 Å². The summed E-state index contributed by atoms with van der Waals surface area (Å²) in [7, 11) is 0. The SMILES string of the molecule is Cc1nn(-c2cccc(C(F)(F)F)c2)c2sc(C(=O)NC[C@H]3CCCO3)cc12. The number of halogens is 3. The summed E-state index contributed by atoms with van der Waals surface area (Å²) in [6.45, 7) is 2.94. The van der Waals surface area contributed by atoms with Gasteiger partial charge in [0.15, 0.2) is 0 Å². The fourth-order valence-electron chi connectivity index (χ4n) is 3.25. The van der Waals surface area contributed by atoms with E-state index >= 15 is 0 Å². The number of carbonyl (C=O) groups is 1. The minimum atomic E-state index is -4.43. The van der Waals surface area contributed by atoms with Gasteiger partial charge in [0.05, 0.1) is 27.9 Å². The minimum Gasteiger partial charge on any atom is -0.376 e. The van der Waals surface area contributed by atoms with E-state index in [1.165, 1.54) is 22.1 Å². The molecule has 3 aromatic rings. The Morgan fingerprint density at radius 1 is 1.39 bits per heavy atom. The number of nitrogens with zero attached hydrogens (tertiary/aromatic N) is 2. The maximum atomic E-state index is 13.0. The molecular weight excluding hydrogens is 391 g/mol. The molecule has 1 aliphatic rings. The van der Waals surface area contributed by atoms with E-state index in [0.29, 0.717) is 27.6 Å². The lowest BCUT2D eigenvalue weighted by Crippen LogP contribution is -2.31.